The summed E-state index contributed by atoms with van der Waals surface area (Å²) in [6.45, 7) is 4.06. The first-order chi connectivity index (χ1) is 13.5. The van der Waals surface area contributed by atoms with E-state index in [1.54, 1.807) is 19.2 Å². The van der Waals surface area contributed by atoms with E-state index in [4.69, 9.17) is 9.05 Å². The van der Waals surface area contributed by atoms with E-state index >= 15 is 0 Å². The van der Waals surface area contributed by atoms with Crippen LogP contribution in [0.1, 0.15) is 34.5 Å². The fraction of sp³-hybridized carbons (Fsp3) is 0.421. The average molecular weight is 380 g/mol. The van der Waals surface area contributed by atoms with Crippen molar-refractivity contribution < 1.29 is 13.8 Å². The van der Waals surface area contributed by atoms with Gasteiger partial charge in [0.15, 0.2) is 11.5 Å². The Morgan fingerprint density at radius 2 is 2.07 bits per heavy atom. The minimum atomic E-state index is -0.0782. The van der Waals surface area contributed by atoms with Gasteiger partial charge in [-0.1, -0.05) is 16.4 Å². The van der Waals surface area contributed by atoms with Crippen LogP contribution in [-0.2, 0) is 0 Å². The highest BCUT2D eigenvalue weighted by Crippen LogP contribution is 2.47. The normalized spacial score (nSPS) is 21.2. The highest BCUT2D eigenvalue weighted by atomic mass is 16.5. The van der Waals surface area contributed by atoms with Crippen molar-refractivity contribution in [1.82, 2.24) is 30.1 Å². The van der Waals surface area contributed by atoms with Crippen molar-refractivity contribution in [3.63, 3.8) is 0 Å². The van der Waals surface area contributed by atoms with Gasteiger partial charge in [-0.25, -0.2) is 0 Å². The minimum Gasteiger partial charge on any atom is -0.361 e. The standard InChI is InChI=1S/C19H20N6O3/c1-12-7-14(22-27-12)18(26)25-10-19(11-25)8-15(24(2)9-19)16-21-17(28-23-16)13-5-3-4-6-20-13/h3-7,15H,8-11H2,1-2H3. The summed E-state index contributed by atoms with van der Waals surface area (Å²) in [5.74, 6) is 1.65. The van der Waals surface area contributed by atoms with E-state index in [2.05, 4.69) is 32.2 Å². The summed E-state index contributed by atoms with van der Waals surface area (Å²) in [6, 6.07) is 7.32. The molecule has 0 saturated carbocycles. The van der Waals surface area contributed by atoms with Crippen LogP contribution < -0.4 is 0 Å². The molecule has 0 aliphatic carbocycles. The molecule has 9 heteroatoms. The van der Waals surface area contributed by atoms with Crippen molar-refractivity contribution >= 4 is 5.91 Å². The van der Waals surface area contributed by atoms with Crippen LogP contribution in [0.4, 0.5) is 0 Å². The number of likely N-dealkylation sites (tertiary alicyclic amines) is 2. The third-order valence-electron chi connectivity index (χ3n) is 5.55. The highest BCUT2D eigenvalue weighted by molar-refractivity contribution is 5.92. The average Bonchev–Trinajstić information content (AvgIpc) is 3.39. The summed E-state index contributed by atoms with van der Waals surface area (Å²) < 4.78 is 10.4. The molecule has 1 amide bonds. The lowest BCUT2D eigenvalue weighted by molar-refractivity contribution is 0.0107. The molecule has 5 heterocycles. The molecule has 9 nitrogen and oxygen atoms in total. The fourth-order valence-corrected chi connectivity index (χ4v) is 4.29. The minimum absolute atomic E-state index is 0.0552. The lowest BCUT2D eigenvalue weighted by Crippen LogP contribution is -2.59. The molecule has 3 aromatic rings. The van der Waals surface area contributed by atoms with E-state index < -0.39 is 0 Å². The zero-order chi connectivity index (χ0) is 19.3. The first-order valence-corrected chi connectivity index (χ1v) is 9.21. The summed E-state index contributed by atoms with van der Waals surface area (Å²) in [7, 11) is 2.06. The summed E-state index contributed by atoms with van der Waals surface area (Å²) >= 11 is 0. The van der Waals surface area contributed by atoms with Crippen LogP contribution in [0.5, 0.6) is 0 Å². The molecule has 1 spiro atoms. The lowest BCUT2D eigenvalue weighted by Gasteiger charge is -2.47. The molecule has 1 atom stereocenters. The Kier molecular flexibility index (Phi) is 3.80. The molecule has 144 valence electrons. The largest absolute Gasteiger partial charge is 0.361 e. The summed E-state index contributed by atoms with van der Waals surface area (Å²) in [6.07, 6.45) is 2.58. The maximum absolute atomic E-state index is 12.5. The second kappa shape index (κ2) is 6.23. The van der Waals surface area contributed by atoms with Gasteiger partial charge in [-0.2, -0.15) is 4.98 Å². The number of rotatable bonds is 3. The maximum Gasteiger partial charge on any atom is 0.276 e. The number of carbonyl (C=O) groups is 1. The van der Waals surface area contributed by atoms with E-state index in [0.29, 0.717) is 42.0 Å². The van der Waals surface area contributed by atoms with Gasteiger partial charge in [0.25, 0.3) is 11.8 Å². The molecular formula is C19H20N6O3. The van der Waals surface area contributed by atoms with Crippen LogP contribution in [0, 0.1) is 12.3 Å². The van der Waals surface area contributed by atoms with Gasteiger partial charge in [0.05, 0.1) is 6.04 Å². The Balaban J connectivity index is 1.28. The number of hydrogen-bond acceptors (Lipinski definition) is 8. The molecule has 28 heavy (non-hydrogen) atoms. The SMILES string of the molecule is Cc1cc(C(=O)N2CC3(CC(c4noc(-c5ccccn5)n4)N(C)C3)C2)no1. The number of carbonyl (C=O) groups excluding carboxylic acids is 1. The van der Waals surface area contributed by atoms with E-state index in [0.717, 1.165) is 13.0 Å². The van der Waals surface area contributed by atoms with Crippen molar-refractivity contribution in [3.8, 4) is 11.6 Å². The predicted octanol–water partition coefficient (Wildman–Crippen LogP) is 1.95. The van der Waals surface area contributed by atoms with Crippen molar-refractivity contribution in [2.24, 2.45) is 5.41 Å². The molecule has 2 saturated heterocycles. The summed E-state index contributed by atoms with van der Waals surface area (Å²) in [5, 5.41) is 8.01. The van der Waals surface area contributed by atoms with Crippen LogP contribution in [0.15, 0.2) is 39.5 Å². The van der Waals surface area contributed by atoms with Crippen LogP contribution in [0.2, 0.25) is 0 Å². The summed E-state index contributed by atoms with van der Waals surface area (Å²) in [5.41, 5.74) is 1.09. The topological polar surface area (TPSA) is 101 Å². The molecule has 2 aliphatic heterocycles. The van der Waals surface area contributed by atoms with Crippen molar-refractivity contribution in [3.05, 3.63) is 47.7 Å². The van der Waals surface area contributed by atoms with Crippen LogP contribution in [0.3, 0.4) is 0 Å². The third kappa shape index (κ3) is 2.78. The molecule has 2 fully saturated rings. The maximum atomic E-state index is 12.5. The monoisotopic (exact) mass is 380 g/mol. The van der Waals surface area contributed by atoms with Crippen molar-refractivity contribution in [2.45, 2.75) is 19.4 Å². The Morgan fingerprint density at radius 1 is 1.21 bits per heavy atom. The van der Waals surface area contributed by atoms with E-state index in [1.807, 2.05) is 23.1 Å². The van der Waals surface area contributed by atoms with Gasteiger partial charge in [0.1, 0.15) is 11.5 Å². The number of pyridine rings is 1. The number of amides is 1. The molecule has 2 aliphatic rings. The first-order valence-electron chi connectivity index (χ1n) is 9.21. The van der Waals surface area contributed by atoms with E-state index in [9.17, 15) is 4.79 Å². The second-order valence-electron chi connectivity index (χ2n) is 7.79. The molecule has 5 rings (SSSR count). The Labute approximate surface area is 161 Å². The number of aromatic nitrogens is 4. The van der Waals surface area contributed by atoms with Crippen molar-refractivity contribution in [2.75, 3.05) is 26.7 Å². The van der Waals surface area contributed by atoms with Gasteiger partial charge in [0, 0.05) is 37.3 Å². The Morgan fingerprint density at radius 3 is 2.79 bits per heavy atom. The molecule has 1 unspecified atom stereocenters. The second-order valence-corrected chi connectivity index (χ2v) is 7.79. The summed E-state index contributed by atoms with van der Waals surface area (Å²) in [4.78, 5) is 25.4. The number of aryl methyl sites for hydroxylation is 1. The number of nitrogens with zero attached hydrogens (tertiary/aromatic N) is 6. The van der Waals surface area contributed by atoms with E-state index in [1.165, 1.54) is 0 Å². The quantitative estimate of drug-likeness (QED) is 0.679. The fourth-order valence-electron chi connectivity index (χ4n) is 4.29. The smallest absolute Gasteiger partial charge is 0.276 e. The van der Waals surface area contributed by atoms with Crippen molar-refractivity contribution in [1.29, 1.82) is 0 Å². The van der Waals surface area contributed by atoms with Crippen LogP contribution in [0.25, 0.3) is 11.6 Å². The van der Waals surface area contributed by atoms with Gasteiger partial charge in [0.2, 0.25) is 0 Å². The Hall–Kier alpha value is -3.07. The van der Waals surface area contributed by atoms with Crippen LogP contribution in [-0.4, -0.2) is 62.7 Å². The number of hydrogen-bond donors (Lipinski definition) is 0. The van der Waals surface area contributed by atoms with Gasteiger partial charge in [-0.3, -0.25) is 14.7 Å². The lowest BCUT2D eigenvalue weighted by atomic mass is 9.77. The third-order valence-corrected chi connectivity index (χ3v) is 5.55. The zero-order valence-electron chi connectivity index (χ0n) is 15.7. The van der Waals surface area contributed by atoms with Gasteiger partial charge in [-0.15, -0.1) is 0 Å². The van der Waals surface area contributed by atoms with E-state index in [-0.39, 0.29) is 17.4 Å². The van der Waals surface area contributed by atoms with Gasteiger partial charge >= 0.3 is 0 Å². The van der Waals surface area contributed by atoms with Crippen LogP contribution >= 0.6 is 0 Å². The first kappa shape index (κ1) is 17.1. The van der Waals surface area contributed by atoms with Gasteiger partial charge < -0.3 is 13.9 Å². The Bertz CT molecular complexity index is 1010. The molecule has 0 N–H and O–H groups in total. The molecule has 0 aromatic carbocycles. The predicted molar refractivity (Wildman–Crippen MR) is 97.1 cm³/mol. The highest BCUT2D eigenvalue weighted by Gasteiger charge is 2.53. The molecular weight excluding hydrogens is 360 g/mol. The molecule has 0 radical (unpaired) electrons. The van der Waals surface area contributed by atoms with Gasteiger partial charge in [-0.05, 0) is 32.5 Å². The zero-order valence-corrected chi connectivity index (χ0v) is 15.7. The molecule has 3 aromatic heterocycles. The molecule has 0 bridgehead atoms.